The summed E-state index contributed by atoms with van der Waals surface area (Å²) in [6.45, 7) is -0.234. The fourth-order valence-corrected chi connectivity index (χ4v) is 2.57. The van der Waals surface area contributed by atoms with Crippen LogP contribution in [0.1, 0.15) is 12.6 Å². The molecule has 1 saturated heterocycles. The number of hydrogen-bond donors (Lipinski definition) is 2. The van der Waals surface area contributed by atoms with Gasteiger partial charge >= 0.3 is 0 Å². The summed E-state index contributed by atoms with van der Waals surface area (Å²) in [7, 11) is 0. The average molecular weight is 278 g/mol. The van der Waals surface area contributed by atoms with Crippen LogP contribution in [-0.4, -0.2) is 38.5 Å². The van der Waals surface area contributed by atoms with Crippen molar-refractivity contribution in [1.29, 1.82) is 0 Å². The van der Waals surface area contributed by atoms with Crippen LogP contribution in [0.2, 0.25) is 0 Å². The van der Waals surface area contributed by atoms with E-state index in [1.807, 2.05) is 4.57 Å². The number of hydrogen-bond acceptors (Lipinski definition) is 5. The lowest BCUT2D eigenvalue weighted by molar-refractivity contribution is -0.384. The lowest BCUT2D eigenvalue weighted by Gasteiger charge is -2.14. The molecule has 1 fully saturated rings. The van der Waals surface area contributed by atoms with E-state index in [-0.39, 0.29) is 18.5 Å². The Hall–Kier alpha value is -1.96. The fourth-order valence-electron chi connectivity index (χ4n) is 2.57. The molecule has 7 heteroatoms. The summed E-state index contributed by atoms with van der Waals surface area (Å²) in [4.78, 5) is 10.3. The molecule has 3 rings (SSSR count). The Morgan fingerprint density at radius 1 is 1.45 bits per heavy atom. The van der Waals surface area contributed by atoms with Gasteiger partial charge < -0.3 is 19.5 Å². The van der Waals surface area contributed by atoms with Crippen LogP contribution in [0.5, 0.6) is 0 Å². The largest absolute Gasteiger partial charge is 0.394 e. The third-order valence-corrected chi connectivity index (χ3v) is 3.61. The van der Waals surface area contributed by atoms with Gasteiger partial charge in [-0.15, -0.1) is 0 Å². The SMILES string of the molecule is O=[N+]([O-])c1ccc2c(ccn2[C@H]2C[C@H](O)[C@@H](CO)O2)c1. The number of benzene rings is 1. The molecule has 2 aromatic rings. The molecule has 1 aliphatic heterocycles. The van der Waals surface area contributed by atoms with Gasteiger partial charge in [0.25, 0.3) is 5.69 Å². The molecule has 0 aliphatic carbocycles. The molecule has 1 aromatic carbocycles. The van der Waals surface area contributed by atoms with Gasteiger partial charge in [-0.1, -0.05) is 0 Å². The van der Waals surface area contributed by atoms with Gasteiger partial charge in [-0.25, -0.2) is 0 Å². The minimum absolute atomic E-state index is 0.0378. The molecule has 2 N–H and O–H groups in total. The van der Waals surface area contributed by atoms with Crippen LogP contribution in [0.15, 0.2) is 30.5 Å². The van der Waals surface area contributed by atoms with E-state index in [4.69, 9.17) is 9.84 Å². The zero-order valence-corrected chi connectivity index (χ0v) is 10.5. The number of fused-ring (bicyclic) bond motifs is 1. The second-order valence-corrected chi connectivity index (χ2v) is 4.84. The maximum atomic E-state index is 10.7. The van der Waals surface area contributed by atoms with E-state index in [2.05, 4.69) is 0 Å². The maximum absolute atomic E-state index is 10.7. The monoisotopic (exact) mass is 278 g/mol. The van der Waals surface area contributed by atoms with Crippen molar-refractivity contribution in [1.82, 2.24) is 4.57 Å². The molecule has 0 unspecified atom stereocenters. The molecule has 0 radical (unpaired) electrons. The molecule has 0 spiro atoms. The Labute approximate surface area is 114 Å². The van der Waals surface area contributed by atoms with Crippen LogP contribution in [0.4, 0.5) is 5.69 Å². The first-order valence-electron chi connectivity index (χ1n) is 6.29. The smallest absolute Gasteiger partial charge is 0.270 e. The fraction of sp³-hybridized carbons (Fsp3) is 0.385. The topological polar surface area (TPSA) is 97.8 Å². The first-order chi connectivity index (χ1) is 9.60. The predicted octanol–water partition coefficient (Wildman–Crippen LogP) is 1.19. The van der Waals surface area contributed by atoms with Crippen molar-refractivity contribution in [3.63, 3.8) is 0 Å². The number of rotatable bonds is 3. The van der Waals surface area contributed by atoms with E-state index in [1.165, 1.54) is 12.1 Å². The van der Waals surface area contributed by atoms with Gasteiger partial charge in [0.1, 0.15) is 12.3 Å². The summed E-state index contributed by atoms with van der Waals surface area (Å²) in [5.41, 5.74) is 0.835. The highest BCUT2D eigenvalue weighted by molar-refractivity contribution is 5.82. The number of nitro benzene ring substituents is 1. The molecule has 106 valence electrons. The van der Waals surface area contributed by atoms with Crippen LogP contribution >= 0.6 is 0 Å². The third kappa shape index (κ3) is 2.05. The first kappa shape index (κ1) is 13.0. The molecule has 1 aromatic heterocycles. The molecule has 3 atom stereocenters. The molecule has 2 heterocycles. The summed E-state index contributed by atoms with van der Waals surface area (Å²) < 4.78 is 7.40. The van der Waals surface area contributed by atoms with Crippen LogP contribution in [0.25, 0.3) is 10.9 Å². The Morgan fingerprint density at radius 3 is 2.90 bits per heavy atom. The molecular weight excluding hydrogens is 264 g/mol. The molecule has 0 bridgehead atoms. The Balaban J connectivity index is 1.95. The molecule has 20 heavy (non-hydrogen) atoms. The van der Waals surface area contributed by atoms with E-state index < -0.39 is 17.1 Å². The van der Waals surface area contributed by atoms with E-state index in [0.717, 1.165) is 10.9 Å². The van der Waals surface area contributed by atoms with Crippen LogP contribution in [0, 0.1) is 10.1 Å². The lowest BCUT2D eigenvalue weighted by atomic mass is 10.2. The second kappa shape index (κ2) is 4.86. The average Bonchev–Trinajstić information content (AvgIpc) is 3.00. The van der Waals surface area contributed by atoms with Gasteiger partial charge in [0.05, 0.1) is 23.2 Å². The summed E-state index contributed by atoms with van der Waals surface area (Å²) in [5.74, 6) is 0. The number of aromatic nitrogens is 1. The van der Waals surface area contributed by atoms with Gasteiger partial charge in [-0.2, -0.15) is 0 Å². The highest BCUT2D eigenvalue weighted by atomic mass is 16.6. The Kier molecular flexibility index (Phi) is 3.17. The highest BCUT2D eigenvalue weighted by Crippen LogP contribution is 2.32. The normalized spacial score (nSPS) is 26.2. The third-order valence-electron chi connectivity index (χ3n) is 3.61. The summed E-state index contributed by atoms with van der Waals surface area (Å²) in [6.07, 6.45) is 0.481. The van der Waals surface area contributed by atoms with Gasteiger partial charge in [-0.3, -0.25) is 10.1 Å². The van der Waals surface area contributed by atoms with Gasteiger partial charge in [0.15, 0.2) is 0 Å². The summed E-state index contributed by atoms with van der Waals surface area (Å²) in [5, 5.41) is 30.3. The number of nitrogens with zero attached hydrogens (tertiary/aromatic N) is 2. The van der Waals surface area contributed by atoms with Gasteiger partial charge in [-0.05, 0) is 12.1 Å². The highest BCUT2D eigenvalue weighted by Gasteiger charge is 2.34. The lowest BCUT2D eigenvalue weighted by Crippen LogP contribution is -2.24. The summed E-state index contributed by atoms with van der Waals surface area (Å²) >= 11 is 0. The van der Waals surface area contributed by atoms with Crippen LogP contribution < -0.4 is 0 Å². The predicted molar refractivity (Wildman–Crippen MR) is 70.2 cm³/mol. The molecule has 0 amide bonds. The standard InChI is InChI=1S/C13H14N2O5/c16-7-12-11(17)6-13(20-12)14-4-3-8-5-9(15(18)19)1-2-10(8)14/h1-5,11-13,16-17H,6-7H2/t11-,12+,13+/m0/s1. The maximum Gasteiger partial charge on any atom is 0.270 e. The number of ether oxygens (including phenoxy) is 1. The van der Waals surface area contributed by atoms with E-state index in [1.54, 1.807) is 18.3 Å². The minimum Gasteiger partial charge on any atom is -0.394 e. The van der Waals surface area contributed by atoms with Crippen molar-refractivity contribution in [3.05, 3.63) is 40.6 Å². The molecule has 0 saturated carbocycles. The van der Waals surface area contributed by atoms with Crippen LogP contribution in [-0.2, 0) is 4.74 Å². The second-order valence-electron chi connectivity index (χ2n) is 4.84. The van der Waals surface area contributed by atoms with Gasteiger partial charge in [0.2, 0.25) is 0 Å². The number of non-ortho nitro benzene ring substituents is 1. The van der Waals surface area contributed by atoms with Crippen LogP contribution in [0.3, 0.4) is 0 Å². The van der Waals surface area contributed by atoms with Crippen molar-refractivity contribution < 1.29 is 19.9 Å². The van der Waals surface area contributed by atoms with Crippen molar-refractivity contribution >= 4 is 16.6 Å². The zero-order chi connectivity index (χ0) is 14.3. The Morgan fingerprint density at radius 2 is 2.25 bits per heavy atom. The van der Waals surface area contributed by atoms with E-state index in [0.29, 0.717) is 6.42 Å². The van der Waals surface area contributed by atoms with Gasteiger partial charge in [0, 0.05) is 30.1 Å². The quantitative estimate of drug-likeness (QED) is 0.649. The number of aliphatic hydroxyl groups is 2. The van der Waals surface area contributed by atoms with E-state index in [9.17, 15) is 15.2 Å². The molecular formula is C13H14N2O5. The Bertz CT molecular complexity index is 653. The molecule has 1 aliphatic rings. The minimum atomic E-state index is -0.708. The first-order valence-corrected chi connectivity index (χ1v) is 6.29. The van der Waals surface area contributed by atoms with Crippen molar-refractivity contribution in [3.8, 4) is 0 Å². The van der Waals surface area contributed by atoms with Crippen molar-refractivity contribution in [2.24, 2.45) is 0 Å². The van der Waals surface area contributed by atoms with Crippen molar-refractivity contribution in [2.75, 3.05) is 6.61 Å². The number of nitro groups is 1. The zero-order valence-electron chi connectivity index (χ0n) is 10.5. The van der Waals surface area contributed by atoms with Crippen molar-refractivity contribution in [2.45, 2.75) is 24.9 Å². The number of aliphatic hydroxyl groups excluding tert-OH is 2. The van der Waals surface area contributed by atoms with E-state index >= 15 is 0 Å². The summed E-state index contributed by atoms with van der Waals surface area (Å²) in [6, 6.07) is 6.37. The molecule has 7 nitrogen and oxygen atoms in total.